The number of carbonyl (C=O) groups is 1. The molecule has 4 N–H and O–H groups in total. The molecule has 0 aromatic heterocycles. The normalized spacial score (nSPS) is 13.8. The molecule has 5 nitrogen and oxygen atoms in total. The van der Waals surface area contributed by atoms with Crippen LogP contribution in [-0.2, 0) is 4.79 Å². The molecule has 0 rings (SSSR count). The summed E-state index contributed by atoms with van der Waals surface area (Å²) in [6.07, 6.45) is 61.3. The number of aliphatic hydroxyl groups is 3. The Morgan fingerprint density at radius 1 is 0.439 bits per heavy atom. The topological polar surface area (TPSA) is 89.8 Å². The molecule has 5 heteroatoms. The highest BCUT2D eigenvalue weighted by molar-refractivity contribution is 5.76. The maximum absolute atomic E-state index is 12.5. The van der Waals surface area contributed by atoms with Crippen molar-refractivity contribution in [3.8, 4) is 0 Å². The van der Waals surface area contributed by atoms with Crippen LogP contribution in [0.25, 0.3) is 0 Å². The van der Waals surface area contributed by atoms with Gasteiger partial charge in [0.05, 0.1) is 31.3 Å². The standard InChI is InChI=1S/C52H97NO4/c1-3-5-7-9-11-13-15-17-19-21-22-23-24-25-26-27-28-29-30-31-33-35-37-39-41-43-45-49(55)47-52(57)53-50(48-54)51(56)46-44-42-40-38-36-34-32-20-18-16-14-12-10-8-6-4-2/h18,20,25-26,36,38,44,46,49-51,54-56H,3-17,19,21-24,27-35,37,39-43,45,47-48H2,1-2H3,(H,53,57)/b20-18+,26-25-,38-36+,46-44+. The lowest BCUT2D eigenvalue weighted by Gasteiger charge is -2.21. The number of carbonyl (C=O) groups excluding carboxylic acids is 1. The van der Waals surface area contributed by atoms with Gasteiger partial charge in [-0.3, -0.25) is 4.79 Å². The lowest BCUT2D eigenvalue weighted by Crippen LogP contribution is -2.45. The van der Waals surface area contributed by atoms with E-state index in [1.807, 2.05) is 6.08 Å². The van der Waals surface area contributed by atoms with Gasteiger partial charge < -0.3 is 20.6 Å². The van der Waals surface area contributed by atoms with E-state index in [1.165, 1.54) is 186 Å². The summed E-state index contributed by atoms with van der Waals surface area (Å²) in [6.45, 7) is 4.20. The highest BCUT2D eigenvalue weighted by Gasteiger charge is 2.20. The molecular formula is C52H97NO4. The fourth-order valence-corrected chi connectivity index (χ4v) is 7.48. The highest BCUT2D eigenvalue weighted by atomic mass is 16.3. The average molecular weight is 800 g/mol. The highest BCUT2D eigenvalue weighted by Crippen LogP contribution is 2.15. The second-order valence-electron chi connectivity index (χ2n) is 17.0. The summed E-state index contributed by atoms with van der Waals surface area (Å²) in [5.74, 6) is -0.330. The molecule has 0 saturated heterocycles. The zero-order valence-corrected chi connectivity index (χ0v) is 38.0. The van der Waals surface area contributed by atoms with Gasteiger partial charge in [-0.05, 0) is 70.6 Å². The van der Waals surface area contributed by atoms with Crippen LogP contribution in [0.3, 0.4) is 0 Å². The van der Waals surface area contributed by atoms with Crippen molar-refractivity contribution in [2.75, 3.05) is 6.61 Å². The Labute approximate surface area is 355 Å². The van der Waals surface area contributed by atoms with Gasteiger partial charge in [0.1, 0.15) is 0 Å². The zero-order chi connectivity index (χ0) is 41.5. The fourth-order valence-electron chi connectivity index (χ4n) is 7.48. The summed E-state index contributed by atoms with van der Waals surface area (Å²) in [4.78, 5) is 12.5. The second-order valence-corrected chi connectivity index (χ2v) is 17.0. The molecule has 334 valence electrons. The van der Waals surface area contributed by atoms with Gasteiger partial charge in [0.2, 0.25) is 5.91 Å². The number of unbranched alkanes of at least 4 members (excludes halogenated alkanes) is 30. The zero-order valence-electron chi connectivity index (χ0n) is 38.0. The Bertz CT molecular complexity index is 927. The molecule has 0 aliphatic rings. The van der Waals surface area contributed by atoms with Crippen molar-refractivity contribution in [1.29, 1.82) is 0 Å². The summed E-state index contributed by atoms with van der Waals surface area (Å²) in [5, 5.41) is 33.3. The third kappa shape index (κ3) is 43.7. The van der Waals surface area contributed by atoms with E-state index in [9.17, 15) is 20.1 Å². The molecule has 0 radical (unpaired) electrons. The maximum atomic E-state index is 12.5. The molecule has 1 amide bonds. The van der Waals surface area contributed by atoms with Crippen molar-refractivity contribution in [3.63, 3.8) is 0 Å². The Kier molecular flexibility index (Phi) is 45.6. The first-order chi connectivity index (χ1) is 28.0. The third-order valence-corrected chi connectivity index (χ3v) is 11.3. The van der Waals surface area contributed by atoms with Crippen LogP contribution in [-0.4, -0.2) is 46.1 Å². The van der Waals surface area contributed by atoms with Crippen molar-refractivity contribution < 1.29 is 20.1 Å². The molecule has 3 atom stereocenters. The number of amides is 1. The molecule has 0 aliphatic carbocycles. The van der Waals surface area contributed by atoms with E-state index >= 15 is 0 Å². The minimum absolute atomic E-state index is 0.00119. The van der Waals surface area contributed by atoms with Crippen LogP contribution in [0, 0.1) is 0 Å². The predicted octanol–water partition coefficient (Wildman–Crippen LogP) is 14.9. The van der Waals surface area contributed by atoms with Gasteiger partial charge in [-0.1, -0.05) is 223 Å². The lowest BCUT2D eigenvalue weighted by molar-refractivity contribution is -0.124. The molecule has 3 unspecified atom stereocenters. The number of hydrogen-bond donors (Lipinski definition) is 4. The summed E-state index contributed by atoms with van der Waals surface area (Å²) >= 11 is 0. The largest absolute Gasteiger partial charge is 0.394 e. The number of hydrogen-bond acceptors (Lipinski definition) is 4. The van der Waals surface area contributed by atoms with Gasteiger partial charge >= 0.3 is 0 Å². The van der Waals surface area contributed by atoms with Gasteiger partial charge in [-0.15, -0.1) is 0 Å². The SMILES string of the molecule is CCCCCCCC/C=C/CC/C=C/CC/C=C/C(O)C(CO)NC(=O)CC(O)CCCCCCCCCCCC/C=C\CCCCCCCCCCCCCC. The van der Waals surface area contributed by atoms with Crippen LogP contribution >= 0.6 is 0 Å². The first kappa shape index (κ1) is 55.3. The van der Waals surface area contributed by atoms with Crippen LogP contribution in [0.4, 0.5) is 0 Å². The monoisotopic (exact) mass is 800 g/mol. The number of allylic oxidation sites excluding steroid dienone is 7. The van der Waals surface area contributed by atoms with Crippen LogP contribution in [0.2, 0.25) is 0 Å². The van der Waals surface area contributed by atoms with Crippen molar-refractivity contribution in [2.45, 2.75) is 270 Å². The van der Waals surface area contributed by atoms with E-state index in [0.717, 1.165) is 38.5 Å². The van der Waals surface area contributed by atoms with E-state index in [0.29, 0.717) is 6.42 Å². The van der Waals surface area contributed by atoms with Gasteiger partial charge in [0.25, 0.3) is 0 Å². The number of nitrogens with one attached hydrogen (secondary N) is 1. The molecular weight excluding hydrogens is 703 g/mol. The van der Waals surface area contributed by atoms with Crippen LogP contribution in [0.15, 0.2) is 48.6 Å². The number of aliphatic hydroxyl groups excluding tert-OH is 3. The van der Waals surface area contributed by atoms with E-state index < -0.39 is 18.2 Å². The van der Waals surface area contributed by atoms with Crippen LogP contribution in [0.5, 0.6) is 0 Å². The molecule has 0 bridgehead atoms. The molecule has 57 heavy (non-hydrogen) atoms. The molecule has 0 saturated carbocycles. The Balaban J connectivity index is 3.64. The van der Waals surface area contributed by atoms with Crippen molar-refractivity contribution >= 4 is 5.91 Å². The molecule has 0 heterocycles. The van der Waals surface area contributed by atoms with Gasteiger partial charge in [0, 0.05) is 0 Å². The minimum atomic E-state index is -0.960. The molecule has 0 aromatic rings. The van der Waals surface area contributed by atoms with E-state index in [1.54, 1.807) is 6.08 Å². The summed E-state index contributed by atoms with van der Waals surface area (Å²) in [6, 6.07) is -0.768. The summed E-state index contributed by atoms with van der Waals surface area (Å²) in [5.41, 5.74) is 0. The van der Waals surface area contributed by atoms with Gasteiger partial charge in [-0.2, -0.15) is 0 Å². The van der Waals surface area contributed by atoms with Gasteiger partial charge in [0.15, 0.2) is 0 Å². The Hall–Kier alpha value is -1.69. The second kappa shape index (κ2) is 47.0. The molecule has 0 aromatic carbocycles. The summed E-state index contributed by atoms with van der Waals surface area (Å²) in [7, 11) is 0. The molecule has 0 aliphatic heterocycles. The number of rotatable bonds is 45. The van der Waals surface area contributed by atoms with E-state index in [4.69, 9.17) is 0 Å². The Morgan fingerprint density at radius 3 is 1.12 bits per heavy atom. The van der Waals surface area contributed by atoms with Crippen LogP contribution < -0.4 is 5.32 Å². The Morgan fingerprint density at radius 2 is 0.754 bits per heavy atom. The third-order valence-electron chi connectivity index (χ3n) is 11.3. The first-order valence-electron chi connectivity index (χ1n) is 24.9. The van der Waals surface area contributed by atoms with Gasteiger partial charge in [-0.25, -0.2) is 0 Å². The van der Waals surface area contributed by atoms with E-state index in [-0.39, 0.29) is 18.9 Å². The minimum Gasteiger partial charge on any atom is -0.394 e. The average Bonchev–Trinajstić information content (AvgIpc) is 3.20. The van der Waals surface area contributed by atoms with Crippen molar-refractivity contribution in [2.24, 2.45) is 0 Å². The van der Waals surface area contributed by atoms with Crippen molar-refractivity contribution in [3.05, 3.63) is 48.6 Å². The molecule has 0 spiro atoms. The summed E-state index contributed by atoms with van der Waals surface area (Å²) < 4.78 is 0. The lowest BCUT2D eigenvalue weighted by atomic mass is 10.0. The predicted molar refractivity (Wildman–Crippen MR) is 250 cm³/mol. The van der Waals surface area contributed by atoms with E-state index in [2.05, 4.69) is 55.6 Å². The smallest absolute Gasteiger partial charge is 0.222 e. The maximum Gasteiger partial charge on any atom is 0.222 e. The van der Waals surface area contributed by atoms with Crippen molar-refractivity contribution in [1.82, 2.24) is 5.32 Å². The molecule has 0 fully saturated rings. The fraction of sp³-hybridized carbons (Fsp3) is 0.827. The van der Waals surface area contributed by atoms with Crippen LogP contribution in [0.1, 0.15) is 251 Å². The quantitative estimate of drug-likeness (QED) is 0.0365. The first-order valence-corrected chi connectivity index (χ1v) is 24.9.